The normalized spacial score (nSPS) is 10.8. The van der Waals surface area contributed by atoms with Crippen molar-refractivity contribution in [3.8, 4) is 0 Å². The van der Waals surface area contributed by atoms with Gasteiger partial charge in [-0.1, -0.05) is 0 Å². The van der Waals surface area contributed by atoms with E-state index in [0.29, 0.717) is 12.1 Å². The van der Waals surface area contributed by atoms with E-state index < -0.39 is 35.5 Å². The van der Waals surface area contributed by atoms with Gasteiger partial charge in [0.25, 0.3) is 0 Å². The molecule has 19 heavy (non-hydrogen) atoms. The van der Waals surface area contributed by atoms with Crippen LogP contribution in [-0.4, -0.2) is 18.2 Å². The molecule has 0 aliphatic carbocycles. The summed E-state index contributed by atoms with van der Waals surface area (Å²) in [6.07, 6.45) is -5.29. The lowest BCUT2D eigenvalue weighted by molar-refractivity contribution is -0.204. The molecule has 1 aromatic carbocycles. The third-order valence-corrected chi connectivity index (χ3v) is 1.64. The van der Waals surface area contributed by atoms with E-state index in [9.17, 15) is 31.5 Å². The Labute approximate surface area is 102 Å². The van der Waals surface area contributed by atoms with Crippen molar-refractivity contribution in [3.63, 3.8) is 0 Å². The van der Waals surface area contributed by atoms with E-state index >= 15 is 0 Å². The molecule has 0 heterocycles. The van der Waals surface area contributed by atoms with Crippen molar-refractivity contribution >= 4 is 17.7 Å². The Morgan fingerprint density at radius 1 is 1.16 bits per heavy atom. The van der Waals surface area contributed by atoms with Crippen LogP contribution >= 0.6 is 0 Å². The topological polar surface area (TPSA) is 67.4 Å². The molecule has 2 N–H and O–H groups in total. The van der Waals surface area contributed by atoms with Crippen LogP contribution in [0.3, 0.4) is 0 Å². The third kappa shape index (κ3) is 4.41. The lowest BCUT2D eigenvalue weighted by Crippen LogP contribution is -2.36. The highest BCUT2D eigenvalue weighted by molar-refractivity contribution is 5.89. The number of alkyl halides is 3. The number of carbonyl (C=O) groups excluding carboxylic acids is 2. The number of hydrogen-bond acceptors (Lipinski definition) is 3. The van der Waals surface area contributed by atoms with Gasteiger partial charge in [-0.25, -0.2) is 18.4 Å². The molecule has 10 heteroatoms. The first-order valence-electron chi connectivity index (χ1n) is 4.50. The summed E-state index contributed by atoms with van der Waals surface area (Å²) in [5.74, 6) is -4.58. The monoisotopic (exact) mass is 284 g/mol. The molecule has 0 aliphatic heterocycles. The molecule has 0 fully saturated rings. The van der Waals surface area contributed by atoms with E-state index in [1.165, 1.54) is 0 Å². The standard InChI is InChI=1S/C9H5F5N2O3/c10-4-1-2-5(11)6(3-4)15-8(18)16-19-7(17)9(12,13)14/h1-3H,(H2,15,16,18). The Hall–Kier alpha value is -2.39. The molecule has 1 rings (SSSR count). The van der Waals surface area contributed by atoms with Gasteiger partial charge in [0.15, 0.2) is 0 Å². The summed E-state index contributed by atoms with van der Waals surface area (Å²) < 4.78 is 60.8. The number of amides is 2. The number of rotatable bonds is 1. The zero-order chi connectivity index (χ0) is 14.6. The van der Waals surface area contributed by atoms with E-state index in [1.807, 2.05) is 0 Å². The zero-order valence-corrected chi connectivity index (χ0v) is 8.85. The van der Waals surface area contributed by atoms with Gasteiger partial charge >= 0.3 is 18.2 Å². The minimum Gasteiger partial charge on any atom is -0.331 e. The quantitative estimate of drug-likeness (QED) is 0.613. The summed E-state index contributed by atoms with van der Waals surface area (Å²) in [6, 6.07) is 0.553. The molecule has 0 unspecified atom stereocenters. The predicted octanol–water partition coefficient (Wildman–Crippen LogP) is 2.11. The van der Waals surface area contributed by atoms with Crippen LogP contribution in [0.25, 0.3) is 0 Å². The second kappa shape index (κ2) is 5.50. The molecule has 1 aromatic rings. The summed E-state index contributed by atoms with van der Waals surface area (Å²) in [5, 5.41) is 1.65. The average molecular weight is 284 g/mol. The van der Waals surface area contributed by atoms with Gasteiger partial charge in [-0.05, 0) is 12.1 Å². The lowest BCUT2D eigenvalue weighted by atomic mass is 10.3. The Balaban J connectivity index is 2.57. The fraction of sp³-hybridized carbons (Fsp3) is 0.111. The van der Waals surface area contributed by atoms with Crippen molar-refractivity contribution in [3.05, 3.63) is 29.8 Å². The number of nitrogens with one attached hydrogen (secondary N) is 2. The van der Waals surface area contributed by atoms with Crippen molar-refractivity contribution in [1.82, 2.24) is 5.48 Å². The van der Waals surface area contributed by atoms with Gasteiger partial charge in [-0.15, -0.1) is 0 Å². The van der Waals surface area contributed by atoms with E-state index in [4.69, 9.17) is 0 Å². The first-order valence-corrected chi connectivity index (χ1v) is 4.50. The molecule has 0 atom stereocenters. The Morgan fingerprint density at radius 3 is 2.37 bits per heavy atom. The number of hydrogen-bond donors (Lipinski definition) is 2. The highest BCUT2D eigenvalue weighted by Gasteiger charge is 2.42. The van der Waals surface area contributed by atoms with Crippen LogP contribution in [0.1, 0.15) is 0 Å². The van der Waals surface area contributed by atoms with Crippen LogP contribution in [0.15, 0.2) is 18.2 Å². The zero-order valence-electron chi connectivity index (χ0n) is 8.85. The van der Waals surface area contributed by atoms with Crippen LogP contribution in [-0.2, 0) is 9.63 Å². The smallest absolute Gasteiger partial charge is 0.331 e. The predicted molar refractivity (Wildman–Crippen MR) is 50.7 cm³/mol. The summed E-state index contributed by atoms with van der Waals surface area (Å²) in [5.41, 5.74) is 0.437. The van der Waals surface area contributed by atoms with Gasteiger partial charge in [-0.3, -0.25) is 0 Å². The number of hydroxylamine groups is 1. The van der Waals surface area contributed by atoms with Crippen LogP contribution in [0.4, 0.5) is 32.4 Å². The second-order valence-electron chi connectivity index (χ2n) is 3.07. The van der Waals surface area contributed by atoms with Crippen LogP contribution in [0.5, 0.6) is 0 Å². The largest absolute Gasteiger partial charge is 0.493 e. The third-order valence-electron chi connectivity index (χ3n) is 1.64. The van der Waals surface area contributed by atoms with E-state index in [-0.39, 0.29) is 0 Å². The van der Waals surface area contributed by atoms with Crippen molar-refractivity contribution in [1.29, 1.82) is 0 Å². The minimum absolute atomic E-state index is 0.584. The molecule has 5 nitrogen and oxygen atoms in total. The molecule has 0 aliphatic rings. The number of benzene rings is 1. The van der Waals surface area contributed by atoms with Gasteiger partial charge in [-0.2, -0.15) is 18.7 Å². The molecule has 0 bridgehead atoms. The highest BCUT2D eigenvalue weighted by Crippen LogP contribution is 2.16. The molecule has 104 valence electrons. The number of urea groups is 1. The summed E-state index contributed by atoms with van der Waals surface area (Å²) in [7, 11) is 0. The second-order valence-corrected chi connectivity index (χ2v) is 3.07. The molecule has 0 spiro atoms. The molecular formula is C9H5F5N2O3. The molecule has 0 saturated heterocycles. The van der Waals surface area contributed by atoms with Gasteiger partial charge in [0, 0.05) is 6.07 Å². The highest BCUT2D eigenvalue weighted by atomic mass is 19.4. The average Bonchev–Trinajstić information content (AvgIpc) is 2.29. The lowest BCUT2D eigenvalue weighted by Gasteiger charge is -2.09. The maximum atomic E-state index is 13.0. The minimum atomic E-state index is -5.29. The Kier molecular flexibility index (Phi) is 4.25. The maximum absolute atomic E-state index is 13.0. The van der Waals surface area contributed by atoms with E-state index in [2.05, 4.69) is 4.84 Å². The summed E-state index contributed by atoms with van der Waals surface area (Å²) in [6.45, 7) is 0. The van der Waals surface area contributed by atoms with Crippen LogP contribution < -0.4 is 10.8 Å². The Morgan fingerprint density at radius 2 is 1.79 bits per heavy atom. The SMILES string of the molecule is O=C(NOC(=O)C(F)(F)F)Nc1cc(F)ccc1F. The van der Waals surface area contributed by atoms with Crippen molar-refractivity contribution in [2.24, 2.45) is 0 Å². The Bertz CT molecular complexity index is 503. The summed E-state index contributed by atoms with van der Waals surface area (Å²) in [4.78, 5) is 24.5. The molecule has 0 aromatic heterocycles. The van der Waals surface area contributed by atoms with Crippen molar-refractivity contribution in [2.45, 2.75) is 6.18 Å². The number of halogens is 5. The molecular weight excluding hydrogens is 279 g/mol. The van der Waals surface area contributed by atoms with Gasteiger partial charge in [0.05, 0.1) is 5.69 Å². The fourth-order valence-electron chi connectivity index (χ4n) is 0.892. The first-order chi connectivity index (χ1) is 8.70. The van der Waals surface area contributed by atoms with E-state index in [1.54, 1.807) is 5.32 Å². The van der Waals surface area contributed by atoms with Crippen molar-refractivity contribution in [2.75, 3.05) is 5.32 Å². The van der Waals surface area contributed by atoms with Crippen LogP contribution in [0, 0.1) is 11.6 Å². The summed E-state index contributed by atoms with van der Waals surface area (Å²) >= 11 is 0. The molecule has 2 amide bonds. The number of carbonyl (C=O) groups is 2. The first kappa shape index (κ1) is 14.7. The fourth-order valence-corrected chi connectivity index (χ4v) is 0.892. The van der Waals surface area contributed by atoms with E-state index in [0.717, 1.165) is 11.5 Å². The maximum Gasteiger partial charge on any atom is 0.493 e. The molecule has 0 radical (unpaired) electrons. The van der Waals surface area contributed by atoms with Gasteiger partial charge in [0.1, 0.15) is 11.6 Å². The molecule has 0 saturated carbocycles. The van der Waals surface area contributed by atoms with Crippen molar-refractivity contribution < 1.29 is 36.4 Å². The van der Waals surface area contributed by atoms with Gasteiger partial charge < -0.3 is 10.2 Å². The number of anilines is 1. The van der Waals surface area contributed by atoms with Crippen LogP contribution in [0.2, 0.25) is 0 Å². The van der Waals surface area contributed by atoms with Gasteiger partial charge in [0.2, 0.25) is 0 Å².